The maximum absolute atomic E-state index is 6.06. The Bertz CT molecular complexity index is 514. The summed E-state index contributed by atoms with van der Waals surface area (Å²) >= 11 is 0. The summed E-state index contributed by atoms with van der Waals surface area (Å²) in [6.07, 6.45) is 2.39. The second-order valence-electron chi connectivity index (χ2n) is 7.16. The highest BCUT2D eigenvalue weighted by molar-refractivity contribution is 6.61. The van der Waals surface area contributed by atoms with E-state index in [4.69, 9.17) is 18.8 Å². The lowest BCUT2D eigenvalue weighted by atomic mass is 9.79. The lowest BCUT2D eigenvalue weighted by molar-refractivity contribution is 0.130. The van der Waals surface area contributed by atoms with E-state index < -0.39 is 7.12 Å². The van der Waals surface area contributed by atoms with E-state index in [1.807, 2.05) is 18.2 Å². The standard InChI is InChI=1S/C19H32BNO4/c1-15(2)13-21-10-8-16(9-11-21)14-25-18-7-6-17(12-19(18)22-3)20(23-4)24-5/h6-7,12,15-16H,8-11,13-14H2,1-5H3. The molecule has 0 radical (unpaired) electrons. The first-order valence-electron chi connectivity index (χ1n) is 9.16. The van der Waals surface area contributed by atoms with Gasteiger partial charge in [0.1, 0.15) is 0 Å². The van der Waals surface area contributed by atoms with Crippen molar-refractivity contribution >= 4 is 12.6 Å². The lowest BCUT2D eigenvalue weighted by Gasteiger charge is -2.32. The van der Waals surface area contributed by atoms with Crippen LogP contribution in [0.15, 0.2) is 18.2 Å². The fourth-order valence-electron chi connectivity index (χ4n) is 3.38. The van der Waals surface area contributed by atoms with Gasteiger partial charge in [-0.05, 0) is 55.4 Å². The zero-order valence-corrected chi connectivity index (χ0v) is 16.3. The topological polar surface area (TPSA) is 40.2 Å². The summed E-state index contributed by atoms with van der Waals surface area (Å²) in [5, 5.41) is 0. The molecule has 6 heteroatoms. The Balaban J connectivity index is 1.88. The van der Waals surface area contributed by atoms with E-state index >= 15 is 0 Å². The fraction of sp³-hybridized carbons (Fsp3) is 0.684. The Kier molecular flexibility index (Phi) is 8.07. The molecule has 1 fully saturated rings. The SMILES string of the molecule is COB(OC)c1ccc(OCC2CCN(CC(C)C)CC2)c(OC)c1. The number of methoxy groups -OCH3 is 1. The first-order valence-corrected chi connectivity index (χ1v) is 9.16. The minimum atomic E-state index is -0.395. The molecule has 0 bridgehead atoms. The molecular weight excluding hydrogens is 317 g/mol. The van der Waals surface area contributed by atoms with Gasteiger partial charge in [-0.15, -0.1) is 0 Å². The van der Waals surface area contributed by atoms with Crippen LogP contribution in [0.4, 0.5) is 0 Å². The first-order chi connectivity index (χ1) is 12.1. The molecule has 0 unspecified atom stereocenters. The molecule has 0 atom stereocenters. The normalized spacial score (nSPS) is 16.2. The van der Waals surface area contributed by atoms with Gasteiger partial charge in [0.05, 0.1) is 13.7 Å². The quantitative estimate of drug-likeness (QED) is 0.641. The maximum atomic E-state index is 6.06. The lowest BCUT2D eigenvalue weighted by Crippen LogP contribution is -2.37. The Morgan fingerprint density at radius 2 is 1.76 bits per heavy atom. The largest absolute Gasteiger partial charge is 0.493 e. The zero-order chi connectivity index (χ0) is 18.2. The number of ether oxygens (including phenoxy) is 2. The van der Waals surface area contributed by atoms with Gasteiger partial charge in [-0.2, -0.15) is 0 Å². The van der Waals surface area contributed by atoms with Crippen molar-refractivity contribution in [2.45, 2.75) is 26.7 Å². The van der Waals surface area contributed by atoms with Crippen LogP contribution in [0.2, 0.25) is 0 Å². The zero-order valence-electron chi connectivity index (χ0n) is 16.3. The number of nitrogens with zero attached hydrogens (tertiary/aromatic N) is 1. The van der Waals surface area contributed by atoms with Crippen molar-refractivity contribution in [3.63, 3.8) is 0 Å². The minimum absolute atomic E-state index is 0.395. The third-order valence-electron chi connectivity index (χ3n) is 4.69. The van der Waals surface area contributed by atoms with Crippen LogP contribution >= 0.6 is 0 Å². The number of hydrogen-bond acceptors (Lipinski definition) is 5. The molecule has 2 rings (SSSR count). The Labute approximate surface area is 152 Å². The van der Waals surface area contributed by atoms with E-state index in [9.17, 15) is 0 Å². The maximum Gasteiger partial charge on any atom is 0.493 e. The van der Waals surface area contributed by atoms with Crippen LogP contribution in [0.5, 0.6) is 11.5 Å². The predicted octanol–water partition coefficient (Wildman–Crippen LogP) is 2.43. The van der Waals surface area contributed by atoms with Crippen LogP contribution in [0, 0.1) is 11.8 Å². The molecule has 1 aromatic rings. The average Bonchev–Trinajstić information content (AvgIpc) is 2.62. The van der Waals surface area contributed by atoms with Crippen LogP contribution in [0.3, 0.4) is 0 Å². The Morgan fingerprint density at radius 1 is 1.08 bits per heavy atom. The molecule has 0 aromatic heterocycles. The van der Waals surface area contributed by atoms with Crippen LogP contribution in [-0.2, 0) is 9.31 Å². The molecule has 1 aliphatic heterocycles. The van der Waals surface area contributed by atoms with Crippen molar-refractivity contribution in [2.75, 3.05) is 47.6 Å². The van der Waals surface area contributed by atoms with Crippen LogP contribution in [0.1, 0.15) is 26.7 Å². The number of rotatable bonds is 9. The third-order valence-corrected chi connectivity index (χ3v) is 4.69. The van der Waals surface area contributed by atoms with E-state index in [1.54, 1.807) is 21.3 Å². The molecule has 1 aromatic carbocycles. The van der Waals surface area contributed by atoms with Gasteiger partial charge in [-0.25, -0.2) is 0 Å². The van der Waals surface area contributed by atoms with Gasteiger partial charge in [0, 0.05) is 20.8 Å². The summed E-state index contributed by atoms with van der Waals surface area (Å²) in [6.45, 7) is 8.84. The van der Waals surface area contributed by atoms with Crippen LogP contribution in [0.25, 0.3) is 0 Å². The first kappa shape index (κ1) is 20.1. The highest BCUT2D eigenvalue weighted by Crippen LogP contribution is 2.27. The van der Waals surface area contributed by atoms with Gasteiger partial charge in [-0.1, -0.05) is 19.9 Å². The van der Waals surface area contributed by atoms with Crippen LogP contribution in [-0.4, -0.2) is 59.6 Å². The number of likely N-dealkylation sites (tertiary alicyclic amines) is 1. The van der Waals surface area contributed by atoms with Gasteiger partial charge < -0.3 is 23.7 Å². The minimum Gasteiger partial charge on any atom is -0.493 e. The molecule has 1 heterocycles. The molecule has 5 nitrogen and oxygen atoms in total. The molecule has 0 spiro atoms. The van der Waals surface area contributed by atoms with E-state index in [2.05, 4.69) is 18.7 Å². The van der Waals surface area contributed by atoms with Crippen molar-refractivity contribution in [1.82, 2.24) is 4.90 Å². The molecule has 1 saturated heterocycles. The molecule has 140 valence electrons. The summed E-state index contributed by atoms with van der Waals surface area (Å²) in [6, 6.07) is 5.81. The summed E-state index contributed by atoms with van der Waals surface area (Å²) in [7, 11) is 4.51. The Morgan fingerprint density at radius 3 is 2.32 bits per heavy atom. The van der Waals surface area contributed by atoms with E-state index in [1.165, 1.54) is 32.5 Å². The summed E-state index contributed by atoms with van der Waals surface area (Å²) in [5.74, 6) is 2.84. The molecule has 0 amide bonds. The van der Waals surface area contributed by atoms with E-state index in [-0.39, 0.29) is 0 Å². The van der Waals surface area contributed by atoms with Gasteiger partial charge in [0.2, 0.25) is 0 Å². The van der Waals surface area contributed by atoms with Crippen LogP contribution < -0.4 is 14.9 Å². The van der Waals surface area contributed by atoms with Crippen molar-refractivity contribution in [2.24, 2.45) is 11.8 Å². The van der Waals surface area contributed by atoms with Crippen molar-refractivity contribution in [3.05, 3.63) is 18.2 Å². The highest BCUT2D eigenvalue weighted by atomic mass is 16.6. The number of benzene rings is 1. The van der Waals surface area contributed by atoms with Gasteiger partial charge >= 0.3 is 7.12 Å². The smallest absolute Gasteiger partial charge is 0.493 e. The van der Waals surface area contributed by atoms with Crippen molar-refractivity contribution < 1.29 is 18.8 Å². The fourth-order valence-corrected chi connectivity index (χ4v) is 3.38. The number of piperidine rings is 1. The summed E-state index contributed by atoms with van der Waals surface area (Å²) < 4.78 is 22.1. The molecule has 0 saturated carbocycles. The van der Waals surface area contributed by atoms with Gasteiger partial charge in [-0.3, -0.25) is 0 Å². The van der Waals surface area contributed by atoms with Crippen molar-refractivity contribution in [3.8, 4) is 11.5 Å². The van der Waals surface area contributed by atoms with E-state index in [0.29, 0.717) is 11.7 Å². The highest BCUT2D eigenvalue weighted by Gasteiger charge is 2.22. The monoisotopic (exact) mass is 349 g/mol. The van der Waals surface area contributed by atoms with E-state index in [0.717, 1.165) is 23.7 Å². The predicted molar refractivity (Wildman–Crippen MR) is 102 cm³/mol. The summed E-state index contributed by atoms with van der Waals surface area (Å²) in [5.41, 5.74) is 0.913. The molecular formula is C19H32BNO4. The van der Waals surface area contributed by atoms with Crippen molar-refractivity contribution in [1.29, 1.82) is 0 Å². The average molecular weight is 349 g/mol. The summed E-state index contributed by atoms with van der Waals surface area (Å²) in [4.78, 5) is 2.56. The number of hydrogen-bond donors (Lipinski definition) is 0. The van der Waals surface area contributed by atoms with Gasteiger partial charge in [0.15, 0.2) is 11.5 Å². The third kappa shape index (κ3) is 5.91. The Hall–Kier alpha value is -1.24. The second kappa shape index (κ2) is 10.0. The molecule has 0 N–H and O–H groups in total. The molecule has 25 heavy (non-hydrogen) atoms. The second-order valence-corrected chi connectivity index (χ2v) is 7.16. The molecule has 1 aliphatic rings. The van der Waals surface area contributed by atoms with Gasteiger partial charge in [0.25, 0.3) is 0 Å². The molecule has 0 aliphatic carbocycles.